The van der Waals surface area contributed by atoms with Gasteiger partial charge < -0.3 is 11.1 Å². The van der Waals surface area contributed by atoms with Gasteiger partial charge in [-0.05, 0) is 60.0 Å². The van der Waals surface area contributed by atoms with Gasteiger partial charge in [-0.3, -0.25) is 14.6 Å². The van der Waals surface area contributed by atoms with E-state index in [0.717, 1.165) is 34.0 Å². The molecule has 5 heteroatoms. The highest BCUT2D eigenvalue weighted by atomic mass is 16.2. The van der Waals surface area contributed by atoms with Crippen molar-refractivity contribution in [2.24, 2.45) is 11.7 Å². The molecule has 0 bridgehead atoms. The van der Waals surface area contributed by atoms with E-state index in [-0.39, 0.29) is 17.7 Å². The van der Waals surface area contributed by atoms with Gasteiger partial charge in [0.25, 0.3) is 0 Å². The first kappa shape index (κ1) is 16.3. The van der Waals surface area contributed by atoms with Gasteiger partial charge in [-0.1, -0.05) is 18.2 Å². The van der Waals surface area contributed by atoms with Gasteiger partial charge in [0.1, 0.15) is 0 Å². The number of hydrogen-bond acceptors (Lipinski definition) is 3. The van der Waals surface area contributed by atoms with Gasteiger partial charge in [0.15, 0.2) is 0 Å². The van der Waals surface area contributed by atoms with E-state index in [1.165, 1.54) is 0 Å². The van der Waals surface area contributed by atoms with Crippen LogP contribution in [0.25, 0.3) is 10.8 Å². The Morgan fingerprint density at radius 2 is 1.96 bits per heavy atom. The zero-order valence-electron chi connectivity index (χ0n) is 14.4. The number of fused-ring (bicyclic) bond motifs is 1. The average molecular weight is 345 g/mol. The molecule has 0 unspecified atom stereocenters. The molecule has 1 heterocycles. The highest BCUT2D eigenvalue weighted by Gasteiger charge is 2.44. The van der Waals surface area contributed by atoms with Crippen molar-refractivity contribution in [3.05, 3.63) is 71.5 Å². The van der Waals surface area contributed by atoms with Crippen LogP contribution >= 0.6 is 0 Å². The van der Waals surface area contributed by atoms with Crippen molar-refractivity contribution in [2.45, 2.75) is 19.3 Å². The van der Waals surface area contributed by atoms with E-state index >= 15 is 0 Å². The van der Waals surface area contributed by atoms with Gasteiger partial charge in [0.05, 0.1) is 0 Å². The lowest BCUT2D eigenvalue weighted by Crippen LogP contribution is -2.15. The molecule has 4 rings (SSSR count). The van der Waals surface area contributed by atoms with Crippen LogP contribution in [0.5, 0.6) is 0 Å². The molecular weight excluding hydrogens is 326 g/mol. The number of hydrogen-bond donors (Lipinski definition) is 2. The predicted molar refractivity (Wildman–Crippen MR) is 101 cm³/mol. The Labute approximate surface area is 151 Å². The van der Waals surface area contributed by atoms with Gasteiger partial charge in [-0.2, -0.15) is 0 Å². The number of nitrogens with two attached hydrogens (primary N) is 1. The van der Waals surface area contributed by atoms with Crippen LogP contribution in [0.2, 0.25) is 0 Å². The minimum absolute atomic E-state index is 0.0278. The highest BCUT2D eigenvalue weighted by Crippen LogP contribution is 2.48. The number of aryl methyl sites for hydroxylation is 1. The first-order chi connectivity index (χ1) is 12.5. The number of nitrogens with one attached hydrogen (secondary N) is 1. The second-order valence-electron chi connectivity index (χ2n) is 6.81. The number of rotatable bonds is 4. The van der Waals surface area contributed by atoms with E-state index in [1.807, 2.05) is 43.3 Å². The molecule has 3 aromatic rings. The van der Waals surface area contributed by atoms with Gasteiger partial charge in [-0.15, -0.1) is 0 Å². The van der Waals surface area contributed by atoms with E-state index in [1.54, 1.807) is 18.5 Å². The molecule has 0 aliphatic heterocycles. The lowest BCUT2D eigenvalue weighted by molar-refractivity contribution is -0.117. The fourth-order valence-electron chi connectivity index (χ4n) is 3.44. The third-order valence-electron chi connectivity index (χ3n) is 4.98. The number of pyridine rings is 1. The van der Waals surface area contributed by atoms with Crippen LogP contribution in [0, 0.1) is 12.8 Å². The van der Waals surface area contributed by atoms with E-state index < -0.39 is 5.91 Å². The van der Waals surface area contributed by atoms with Crippen LogP contribution in [0.15, 0.2) is 54.9 Å². The third kappa shape index (κ3) is 3.04. The molecule has 1 aliphatic carbocycles. The summed E-state index contributed by atoms with van der Waals surface area (Å²) in [5.41, 5.74) is 8.60. The quantitative estimate of drug-likeness (QED) is 0.760. The Kier molecular flexibility index (Phi) is 3.92. The van der Waals surface area contributed by atoms with Crippen molar-refractivity contribution in [1.29, 1.82) is 0 Å². The molecule has 1 saturated carbocycles. The van der Waals surface area contributed by atoms with Gasteiger partial charge in [0.2, 0.25) is 11.8 Å². The van der Waals surface area contributed by atoms with Crippen molar-refractivity contribution in [1.82, 2.24) is 4.98 Å². The van der Waals surface area contributed by atoms with E-state index in [0.29, 0.717) is 5.56 Å². The van der Waals surface area contributed by atoms with Crippen LogP contribution in [0.1, 0.15) is 33.8 Å². The minimum Gasteiger partial charge on any atom is -0.366 e. The minimum atomic E-state index is -0.425. The Balaban J connectivity index is 1.46. The Hall–Kier alpha value is -3.21. The second kappa shape index (κ2) is 6.26. The van der Waals surface area contributed by atoms with Crippen LogP contribution < -0.4 is 11.1 Å². The van der Waals surface area contributed by atoms with Crippen molar-refractivity contribution in [3.8, 4) is 0 Å². The Morgan fingerprint density at radius 1 is 1.12 bits per heavy atom. The molecular formula is C21H19N3O2. The molecule has 0 saturated heterocycles. The number of benzene rings is 2. The van der Waals surface area contributed by atoms with Gasteiger partial charge >= 0.3 is 0 Å². The molecule has 26 heavy (non-hydrogen) atoms. The molecule has 0 spiro atoms. The number of primary amides is 1. The average Bonchev–Trinajstić information content (AvgIpc) is 3.42. The number of carbonyl (C=O) groups excluding carboxylic acids is 2. The Bertz CT molecular complexity index is 1030. The lowest BCUT2D eigenvalue weighted by Gasteiger charge is -2.08. The van der Waals surface area contributed by atoms with E-state index in [2.05, 4.69) is 10.3 Å². The maximum absolute atomic E-state index is 12.6. The lowest BCUT2D eigenvalue weighted by atomic mass is 10.0. The van der Waals surface area contributed by atoms with Crippen molar-refractivity contribution >= 4 is 28.3 Å². The van der Waals surface area contributed by atoms with Crippen molar-refractivity contribution < 1.29 is 9.59 Å². The van der Waals surface area contributed by atoms with Gasteiger partial charge in [0, 0.05) is 34.9 Å². The largest absolute Gasteiger partial charge is 0.366 e. The maximum Gasteiger partial charge on any atom is 0.248 e. The fourth-order valence-corrected chi connectivity index (χ4v) is 3.44. The summed E-state index contributed by atoms with van der Waals surface area (Å²) in [6.07, 6.45) is 4.36. The van der Waals surface area contributed by atoms with Crippen LogP contribution in [-0.2, 0) is 4.79 Å². The fraction of sp³-hybridized carbons (Fsp3) is 0.190. The van der Waals surface area contributed by atoms with E-state index in [9.17, 15) is 9.59 Å². The predicted octanol–water partition coefficient (Wildman–Crippen LogP) is 3.38. The summed E-state index contributed by atoms with van der Waals surface area (Å²) in [7, 11) is 0. The molecule has 0 radical (unpaired) electrons. The van der Waals surface area contributed by atoms with Crippen LogP contribution in [0.4, 0.5) is 5.69 Å². The molecule has 130 valence electrons. The monoisotopic (exact) mass is 345 g/mol. The molecule has 1 aromatic heterocycles. The third-order valence-corrected chi connectivity index (χ3v) is 4.98. The molecule has 1 aliphatic rings. The summed E-state index contributed by atoms with van der Waals surface area (Å²) in [5.74, 6) is -0.243. The van der Waals surface area contributed by atoms with Gasteiger partial charge in [-0.25, -0.2) is 0 Å². The number of carbonyl (C=O) groups is 2. The molecule has 3 N–H and O–H groups in total. The summed E-state index contributed by atoms with van der Waals surface area (Å²) in [6.45, 7) is 1.87. The molecule has 5 nitrogen and oxygen atoms in total. The Morgan fingerprint density at radius 3 is 2.73 bits per heavy atom. The number of amides is 2. The SMILES string of the molecule is Cc1cc([C@@H]2C[C@H]2C(=O)Nc2ccc3cnccc3c2)ccc1C(N)=O. The number of anilines is 1. The zero-order chi connectivity index (χ0) is 18.3. The molecule has 2 amide bonds. The summed E-state index contributed by atoms with van der Waals surface area (Å²) in [6, 6.07) is 13.3. The summed E-state index contributed by atoms with van der Waals surface area (Å²) >= 11 is 0. The van der Waals surface area contributed by atoms with E-state index in [4.69, 9.17) is 5.73 Å². The summed E-state index contributed by atoms with van der Waals surface area (Å²) < 4.78 is 0. The topological polar surface area (TPSA) is 85.1 Å². The maximum atomic E-state index is 12.6. The standard InChI is InChI=1S/C21H19N3O2/c1-12-8-14(3-5-17(12)20(22)25)18-10-19(18)21(26)24-16-4-2-15-11-23-7-6-13(15)9-16/h2-9,11,18-19H,10H2,1H3,(H2,22,25)(H,24,26)/t18-,19+/m0/s1. The number of aromatic nitrogens is 1. The zero-order valence-corrected chi connectivity index (χ0v) is 14.4. The first-order valence-corrected chi connectivity index (χ1v) is 8.58. The molecule has 2 aromatic carbocycles. The van der Waals surface area contributed by atoms with Crippen LogP contribution in [-0.4, -0.2) is 16.8 Å². The first-order valence-electron chi connectivity index (χ1n) is 8.58. The van der Waals surface area contributed by atoms with Crippen LogP contribution in [0.3, 0.4) is 0 Å². The molecule has 2 atom stereocenters. The number of nitrogens with zero attached hydrogens (tertiary/aromatic N) is 1. The highest BCUT2D eigenvalue weighted by molar-refractivity contribution is 5.97. The smallest absolute Gasteiger partial charge is 0.248 e. The summed E-state index contributed by atoms with van der Waals surface area (Å²) in [4.78, 5) is 28.0. The van der Waals surface area contributed by atoms with Crippen molar-refractivity contribution in [3.63, 3.8) is 0 Å². The second-order valence-corrected chi connectivity index (χ2v) is 6.81. The normalized spacial score (nSPS) is 18.5. The summed E-state index contributed by atoms with van der Waals surface area (Å²) in [5, 5.41) is 5.09. The van der Waals surface area contributed by atoms with Crippen molar-refractivity contribution in [2.75, 3.05) is 5.32 Å². The molecule has 1 fully saturated rings.